The van der Waals surface area contributed by atoms with Crippen molar-refractivity contribution in [2.24, 2.45) is 10.8 Å². The van der Waals surface area contributed by atoms with Crippen LogP contribution in [0.5, 0.6) is 0 Å². The summed E-state index contributed by atoms with van der Waals surface area (Å²) in [5.41, 5.74) is 6.94. The van der Waals surface area contributed by atoms with Crippen LogP contribution in [0.15, 0.2) is 126 Å². The normalized spacial score (nSPS) is 12.7. The summed E-state index contributed by atoms with van der Waals surface area (Å²) < 4.78 is 0. The van der Waals surface area contributed by atoms with Crippen LogP contribution < -0.4 is 16.5 Å². The first-order valence-electron chi connectivity index (χ1n) is 13.4. The van der Waals surface area contributed by atoms with Gasteiger partial charge in [0.2, 0.25) is 0 Å². The van der Waals surface area contributed by atoms with Gasteiger partial charge in [-0.1, -0.05) is 97.9 Å². The van der Waals surface area contributed by atoms with Crippen LogP contribution in [-0.4, -0.2) is 24.8 Å². The first kappa shape index (κ1) is 29.2. The van der Waals surface area contributed by atoms with Gasteiger partial charge in [0.05, 0.1) is 0 Å². The fraction of sp³-hybridized carbons (Fsp3) is 0.206. The highest BCUT2D eigenvalue weighted by Crippen LogP contribution is 2.26. The number of aliphatic imine (C=N–C) groups is 1. The highest BCUT2D eigenvalue weighted by molar-refractivity contribution is 5.73. The lowest BCUT2D eigenvalue weighted by Crippen LogP contribution is -2.38. The molecule has 0 amide bonds. The number of rotatable bonds is 14. The van der Waals surface area contributed by atoms with Gasteiger partial charge in [-0.25, -0.2) is 5.84 Å². The van der Waals surface area contributed by atoms with Crippen LogP contribution in [0, 0.1) is 0 Å². The van der Waals surface area contributed by atoms with Crippen molar-refractivity contribution in [3.8, 4) is 0 Å². The van der Waals surface area contributed by atoms with Crippen molar-refractivity contribution in [1.29, 1.82) is 0 Å². The Bertz CT molecular complexity index is 1280. The Hall–Kier alpha value is -4.35. The van der Waals surface area contributed by atoms with Crippen molar-refractivity contribution in [1.82, 2.24) is 15.6 Å². The molecule has 0 aliphatic heterocycles. The van der Waals surface area contributed by atoms with Crippen molar-refractivity contribution >= 4 is 17.4 Å². The van der Waals surface area contributed by atoms with Gasteiger partial charge in [0, 0.05) is 43.6 Å². The van der Waals surface area contributed by atoms with E-state index < -0.39 is 0 Å². The number of benzene rings is 3. The fourth-order valence-corrected chi connectivity index (χ4v) is 4.29. The average molecular weight is 520 g/mol. The molecule has 5 heteroatoms. The van der Waals surface area contributed by atoms with Crippen molar-refractivity contribution in [2.75, 3.05) is 13.6 Å². The molecule has 0 bridgehead atoms. The highest BCUT2D eigenvalue weighted by atomic mass is 15.4. The van der Waals surface area contributed by atoms with Crippen LogP contribution in [0.1, 0.15) is 42.5 Å². The Kier molecular flexibility index (Phi) is 11.8. The predicted octanol–water partition coefficient (Wildman–Crippen LogP) is 6.69. The van der Waals surface area contributed by atoms with Gasteiger partial charge in [0.1, 0.15) is 11.6 Å². The van der Waals surface area contributed by atoms with Crippen molar-refractivity contribution in [3.05, 3.63) is 144 Å². The van der Waals surface area contributed by atoms with Crippen LogP contribution in [0.3, 0.4) is 0 Å². The Morgan fingerprint density at radius 2 is 1.54 bits per heavy atom. The molecule has 0 unspecified atom stereocenters. The molecule has 0 radical (unpaired) electrons. The first-order chi connectivity index (χ1) is 19.1. The zero-order valence-corrected chi connectivity index (χ0v) is 23.4. The van der Waals surface area contributed by atoms with Gasteiger partial charge in [-0.05, 0) is 48.1 Å². The standard InChI is InChI=1S/C34H41N5/c1-5-15-31(30-22-20-27(6-2)21-23-30)33(37-25-14-24-36-7-3)38-34(39(4)35)32(29-18-12-9-13-19-29)26-28-16-10-8-11-17-28/h5,7-14,16-24,37-38H,1,6,15,25-26,35H2,2-4H3/b24-14-,33-31+,34-32+,36-7+. The Labute approximate surface area is 234 Å². The minimum atomic E-state index is 0.592. The lowest BCUT2D eigenvalue weighted by atomic mass is 9.97. The fourth-order valence-electron chi connectivity index (χ4n) is 4.29. The molecule has 4 N–H and O–H groups in total. The maximum Gasteiger partial charge on any atom is 0.125 e. The molecule has 0 atom stereocenters. The lowest BCUT2D eigenvalue weighted by Gasteiger charge is -2.27. The SMILES string of the molecule is C=CC/C(=C(/NC/C=C\N=C\C)N/C(=C(/Cc1ccccc1)c1ccccc1)N(C)N)c1ccc(CC)cc1. The summed E-state index contributed by atoms with van der Waals surface area (Å²) in [6.45, 7) is 8.71. The quantitative estimate of drug-likeness (QED) is 0.0960. The van der Waals surface area contributed by atoms with E-state index in [0.717, 1.165) is 46.8 Å². The zero-order valence-electron chi connectivity index (χ0n) is 23.4. The smallest absolute Gasteiger partial charge is 0.125 e. The second-order valence-electron chi connectivity index (χ2n) is 9.16. The van der Waals surface area contributed by atoms with E-state index in [-0.39, 0.29) is 0 Å². The average Bonchev–Trinajstić information content (AvgIpc) is 2.97. The van der Waals surface area contributed by atoms with Crippen molar-refractivity contribution in [2.45, 2.75) is 33.1 Å². The van der Waals surface area contributed by atoms with Gasteiger partial charge in [-0.15, -0.1) is 6.58 Å². The molecule has 3 rings (SSSR count). The Morgan fingerprint density at radius 1 is 0.897 bits per heavy atom. The number of nitrogens with one attached hydrogen (secondary N) is 2. The van der Waals surface area contributed by atoms with Gasteiger partial charge >= 0.3 is 0 Å². The third-order valence-corrected chi connectivity index (χ3v) is 6.33. The molecule has 5 nitrogen and oxygen atoms in total. The van der Waals surface area contributed by atoms with Crippen LogP contribution in [0.2, 0.25) is 0 Å². The second-order valence-corrected chi connectivity index (χ2v) is 9.16. The molecule has 0 aliphatic carbocycles. The monoisotopic (exact) mass is 519 g/mol. The summed E-state index contributed by atoms with van der Waals surface area (Å²) in [6, 6.07) is 29.6. The molecule has 202 valence electrons. The molecule has 3 aromatic rings. The van der Waals surface area contributed by atoms with Crippen molar-refractivity contribution < 1.29 is 0 Å². The van der Waals surface area contributed by atoms with Gasteiger partial charge in [-0.3, -0.25) is 10.0 Å². The Balaban J connectivity index is 2.17. The molecule has 0 heterocycles. The molecular formula is C34H41N5. The topological polar surface area (TPSA) is 65.7 Å². The molecule has 0 spiro atoms. The molecular weight excluding hydrogens is 478 g/mol. The summed E-state index contributed by atoms with van der Waals surface area (Å²) in [5, 5.41) is 8.96. The van der Waals surface area contributed by atoms with E-state index >= 15 is 0 Å². The van der Waals surface area contributed by atoms with Crippen LogP contribution >= 0.6 is 0 Å². The number of hydrazine groups is 1. The Morgan fingerprint density at radius 3 is 2.13 bits per heavy atom. The molecule has 3 aromatic carbocycles. The predicted molar refractivity (Wildman–Crippen MR) is 167 cm³/mol. The number of nitrogens with two attached hydrogens (primary N) is 1. The van der Waals surface area contributed by atoms with Gasteiger partial charge < -0.3 is 10.6 Å². The number of nitrogens with zero attached hydrogens (tertiary/aromatic N) is 2. The van der Waals surface area contributed by atoms with Crippen LogP contribution in [0.4, 0.5) is 0 Å². The molecule has 0 aromatic heterocycles. The molecule has 0 saturated heterocycles. The third kappa shape index (κ3) is 8.87. The second kappa shape index (κ2) is 15.8. The number of hydrogen-bond acceptors (Lipinski definition) is 5. The molecule has 0 fully saturated rings. The summed E-state index contributed by atoms with van der Waals surface area (Å²) in [7, 11) is 1.87. The third-order valence-electron chi connectivity index (χ3n) is 6.33. The van der Waals surface area contributed by atoms with E-state index in [2.05, 4.69) is 102 Å². The molecule has 0 saturated carbocycles. The van der Waals surface area contributed by atoms with Gasteiger partial charge in [0.25, 0.3) is 0 Å². The number of aryl methyl sites for hydroxylation is 1. The van der Waals surface area contributed by atoms with Crippen LogP contribution in [0.25, 0.3) is 11.1 Å². The number of allylic oxidation sites excluding steroid dienone is 3. The van der Waals surface area contributed by atoms with Crippen LogP contribution in [-0.2, 0) is 12.8 Å². The minimum Gasteiger partial charge on any atom is -0.368 e. The maximum absolute atomic E-state index is 6.53. The lowest BCUT2D eigenvalue weighted by molar-refractivity contribution is 0.411. The molecule has 39 heavy (non-hydrogen) atoms. The van der Waals surface area contributed by atoms with E-state index in [1.807, 2.05) is 38.3 Å². The maximum atomic E-state index is 6.53. The van der Waals surface area contributed by atoms with E-state index in [9.17, 15) is 0 Å². The highest BCUT2D eigenvalue weighted by Gasteiger charge is 2.17. The zero-order chi connectivity index (χ0) is 27.9. The first-order valence-corrected chi connectivity index (χ1v) is 13.4. The van der Waals surface area contributed by atoms with Gasteiger partial charge in [0.15, 0.2) is 0 Å². The largest absolute Gasteiger partial charge is 0.368 e. The minimum absolute atomic E-state index is 0.592. The van der Waals surface area contributed by atoms with Gasteiger partial charge in [-0.2, -0.15) is 0 Å². The van der Waals surface area contributed by atoms with E-state index in [4.69, 9.17) is 5.84 Å². The van der Waals surface area contributed by atoms with Crippen molar-refractivity contribution in [3.63, 3.8) is 0 Å². The summed E-state index contributed by atoms with van der Waals surface area (Å²) in [4.78, 5) is 4.20. The van der Waals surface area contributed by atoms with E-state index in [1.165, 1.54) is 11.1 Å². The van der Waals surface area contributed by atoms with E-state index in [0.29, 0.717) is 13.0 Å². The summed E-state index contributed by atoms with van der Waals surface area (Å²) >= 11 is 0. The number of hydrogen-bond donors (Lipinski definition) is 3. The molecule has 0 aliphatic rings. The summed E-state index contributed by atoms with van der Waals surface area (Å²) in [5.74, 6) is 8.22. The van der Waals surface area contributed by atoms with E-state index in [1.54, 1.807) is 17.4 Å². The summed E-state index contributed by atoms with van der Waals surface area (Å²) in [6.07, 6.45) is 9.88.